The van der Waals surface area contributed by atoms with Crippen LogP contribution in [0.5, 0.6) is 0 Å². The molecular formula is C5H11N3S. The third-order valence-electron chi connectivity index (χ3n) is 1.03. The van der Waals surface area contributed by atoms with E-state index in [2.05, 4.69) is 29.3 Å². The molecule has 0 aliphatic heterocycles. The van der Waals surface area contributed by atoms with Gasteiger partial charge in [0, 0.05) is 6.20 Å². The van der Waals surface area contributed by atoms with Gasteiger partial charge in [-0.3, -0.25) is 5.10 Å². The molecule has 0 amide bonds. The van der Waals surface area contributed by atoms with Crippen molar-refractivity contribution < 1.29 is 0 Å². The molecule has 0 fully saturated rings. The lowest BCUT2D eigenvalue weighted by Gasteiger charge is -1.92. The fourth-order valence-corrected chi connectivity index (χ4v) is 0.493. The van der Waals surface area contributed by atoms with Crippen molar-refractivity contribution in [1.82, 2.24) is 15.4 Å². The van der Waals surface area contributed by atoms with Crippen molar-refractivity contribution in [1.29, 1.82) is 0 Å². The Kier molecular flexibility index (Phi) is 3.30. The van der Waals surface area contributed by atoms with E-state index < -0.39 is 0 Å². The molecule has 0 saturated heterocycles. The molecule has 1 aromatic heterocycles. The first-order chi connectivity index (χ1) is 3.80. The molecule has 0 spiro atoms. The molecule has 3 nitrogen and oxygen atoms in total. The molecule has 1 rings (SSSR count). The molecule has 0 bridgehead atoms. The fourth-order valence-electron chi connectivity index (χ4n) is 0.493. The average molecular weight is 145 g/mol. The van der Waals surface area contributed by atoms with Crippen LogP contribution in [0.3, 0.4) is 0 Å². The van der Waals surface area contributed by atoms with Gasteiger partial charge in [-0.05, 0) is 5.92 Å². The summed E-state index contributed by atoms with van der Waals surface area (Å²) < 4.78 is 0. The van der Waals surface area contributed by atoms with Gasteiger partial charge in [-0.15, -0.1) is 5.10 Å². The second kappa shape index (κ2) is 3.50. The zero-order valence-corrected chi connectivity index (χ0v) is 6.55. The van der Waals surface area contributed by atoms with E-state index in [4.69, 9.17) is 0 Å². The molecule has 52 valence electrons. The highest BCUT2D eigenvalue weighted by molar-refractivity contribution is 7.59. The number of nitrogens with one attached hydrogen (secondary N) is 1. The standard InChI is InChI=1S/C5H9N3.H2S/c1-4(2)5-3-6-8-7-5;/h3-4H,1-2H3,(H,6,7,8);1H2. The lowest BCUT2D eigenvalue weighted by Crippen LogP contribution is -1.85. The minimum absolute atomic E-state index is 0. The molecular weight excluding hydrogens is 134 g/mol. The summed E-state index contributed by atoms with van der Waals surface area (Å²) in [6, 6.07) is 0. The molecule has 0 unspecified atom stereocenters. The van der Waals surface area contributed by atoms with Crippen molar-refractivity contribution in [2.75, 3.05) is 0 Å². The summed E-state index contributed by atoms with van der Waals surface area (Å²) >= 11 is 0. The van der Waals surface area contributed by atoms with Crippen molar-refractivity contribution >= 4 is 13.5 Å². The van der Waals surface area contributed by atoms with E-state index in [0.717, 1.165) is 5.69 Å². The minimum atomic E-state index is 0. The number of aromatic nitrogens is 3. The zero-order chi connectivity index (χ0) is 5.98. The molecule has 1 N–H and O–H groups in total. The van der Waals surface area contributed by atoms with Gasteiger partial charge in [0.1, 0.15) is 0 Å². The third-order valence-corrected chi connectivity index (χ3v) is 1.03. The van der Waals surface area contributed by atoms with Crippen LogP contribution >= 0.6 is 13.5 Å². The van der Waals surface area contributed by atoms with E-state index in [-0.39, 0.29) is 13.5 Å². The predicted octanol–water partition coefficient (Wildman–Crippen LogP) is 1.04. The Morgan fingerprint density at radius 3 is 2.44 bits per heavy atom. The second-order valence-electron chi connectivity index (χ2n) is 2.05. The average Bonchev–Trinajstić information content (AvgIpc) is 2.12. The summed E-state index contributed by atoms with van der Waals surface area (Å²) in [5.41, 5.74) is 1.02. The monoisotopic (exact) mass is 145 g/mol. The number of H-pyrrole nitrogens is 1. The molecule has 9 heavy (non-hydrogen) atoms. The Morgan fingerprint density at radius 2 is 2.22 bits per heavy atom. The maximum absolute atomic E-state index is 3.81. The van der Waals surface area contributed by atoms with Crippen LogP contribution in [-0.4, -0.2) is 15.4 Å². The third kappa shape index (κ3) is 2.05. The summed E-state index contributed by atoms with van der Waals surface area (Å²) in [5, 5.41) is 10.0. The summed E-state index contributed by atoms with van der Waals surface area (Å²) in [4.78, 5) is 0. The predicted molar refractivity (Wildman–Crippen MR) is 40.9 cm³/mol. The van der Waals surface area contributed by atoms with Crippen LogP contribution in [0.25, 0.3) is 0 Å². The van der Waals surface area contributed by atoms with Crippen LogP contribution in [0.2, 0.25) is 0 Å². The summed E-state index contributed by atoms with van der Waals surface area (Å²) in [6.07, 6.45) is 1.81. The van der Waals surface area contributed by atoms with Crippen LogP contribution in [0.4, 0.5) is 0 Å². The first-order valence-corrected chi connectivity index (χ1v) is 2.67. The largest absolute Gasteiger partial charge is 0.265 e. The SMILES string of the molecule is CC(C)c1c[nH]nn1.S. The number of rotatable bonds is 1. The van der Waals surface area contributed by atoms with Crippen LogP contribution in [0.1, 0.15) is 25.5 Å². The Hall–Kier alpha value is -0.510. The summed E-state index contributed by atoms with van der Waals surface area (Å²) in [6.45, 7) is 4.16. The lowest BCUT2D eigenvalue weighted by molar-refractivity contribution is 0.804. The minimum Gasteiger partial charge on any atom is -0.265 e. The van der Waals surface area contributed by atoms with Crippen molar-refractivity contribution in [3.8, 4) is 0 Å². The Morgan fingerprint density at radius 1 is 1.56 bits per heavy atom. The molecule has 0 radical (unpaired) electrons. The summed E-state index contributed by atoms with van der Waals surface area (Å²) in [5.74, 6) is 0.480. The van der Waals surface area contributed by atoms with Gasteiger partial charge >= 0.3 is 0 Å². The molecule has 0 atom stereocenters. The van der Waals surface area contributed by atoms with Gasteiger partial charge in [0.15, 0.2) is 0 Å². The maximum Gasteiger partial charge on any atom is 0.0849 e. The molecule has 0 saturated carbocycles. The molecule has 1 heterocycles. The molecule has 1 aromatic rings. The van der Waals surface area contributed by atoms with Gasteiger partial charge in [-0.1, -0.05) is 19.1 Å². The smallest absolute Gasteiger partial charge is 0.0849 e. The first-order valence-electron chi connectivity index (χ1n) is 2.67. The topological polar surface area (TPSA) is 41.6 Å². The zero-order valence-electron chi connectivity index (χ0n) is 5.55. The highest BCUT2D eigenvalue weighted by Gasteiger charge is 1.98. The normalized spacial score (nSPS) is 9.22. The maximum atomic E-state index is 3.81. The van der Waals surface area contributed by atoms with E-state index in [1.54, 1.807) is 0 Å². The number of hydrogen-bond donors (Lipinski definition) is 1. The van der Waals surface area contributed by atoms with E-state index >= 15 is 0 Å². The van der Waals surface area contributed by atoms with Crippen LogP contribution < -0.4 is 0 Å². The van der Waals surface area contributed by atoms with Gasteiger partial charge in [0.05, 0.1) is 5.69 Å². The van der Waals surface area contributed by atoms with Crippen molar-refractivity contribution in [2.45, 2.75) is 19.8 Å². The highest BCUT2D eigenvalue weighted by atomic mass is 32.1. The van der Waals surface area contributed by atoms with E-state index in [1.807, 2.05) is 6.20 Å². The van der Waals surface area contributed by atoms with Gasteiger partial charge in [0.25, 0.3) is 0 Å². The number of hydrogen-bond acceptors (Lipinski definition) is 2. The molecule has 4 heteroatoms. The Bertz CT molecular complexity index is 147. The van der Waals surface area contributed by atoms with Crippen LogP contribution in [-0.2, 0) is 0 Å². The van der Waals surface area contributed by atoms with Crippen molar-refractivity contribution in [3.05, 3.63) is 11.9 Å². The van der Waals surface area contributed by atoms with Gasteiger partial charge in [-0.2, -0.15) is 13.5 Å². The van der Waals surface area contributed by atoms with Gasteiger partial charge in [-0.25, -0.2) is 0 Å². The van der Waals surface area contributed by atoms with Crippen molar-refractivity contribution in [3.63, 3.8) is 0 Å². The molecule has 0 aromatic carbocycles. The Balaban J connectivity index is 0.000000640. The molecule has 0 aliphatic rings. The quantitative estimate of drug-likeness (QED) is 0.641. The van der Waals surface area contributed by atoms with Gasteiger partial charge in [0.2, 0.25) is 0 Å². The van der Waals surface area contributed by atoms with E-state index in [9.17, 15) is 0 Å². The van der Waals surface area contributed by atoms with Crippen LogP contribution in [0.15, 0.2) is 6.20 Å². The lowest BCUT2D eigenvalue weighted by atomic mass is 10.2. The van der Waals surface area contributed by atoms with Crippen LogP contribution in [0, 0.1) is 0 Å². The van der Waals surface area contributed by atoms with E-state index in [0.29, 0.717) is 5.92 Å². The molecule has 0 aliphatic carbocycles. The highest BCUT2D eigenvalue weighted by Crippen LogP contribution is 2.06. The van der Waals surface area contributed by atoms with Crippen molar-refractivity contribution in [2.24, 2.45) is 0 Å². The van der Waals surface area contributed by atoms with Gasteiger partial charge < -0.3 is 0 Å². The second-order valence-corrected chi connectivity index (χ2v) is 2.05. The Labute approximate surface area is 61.3 Å². The number of nitrogens with zero attached hydrogens (tertiary/aromatic N) is 2. The number of aromatic amines is 1. The first kappa shape index (κ1) is 8.49. The summed E-state index contributed by atoms with van der Waals surface area (Å²) in [7, 11) is 0. The fraction of sp³-hybridized carbons (Fsp3) is 0.600. The van der Waals surface area contributed by atoms with E-state index in [1.165, 1.54) is 0 Å².